The van der Waals surface area contributed by atoms with Gasteiger partial charge in [0, 0.05) is 12.2 Å². The van der Waals surface area contributed by atoms with Crippen molar-refractivity contribution in [1.82, 2.24) is 15.1 Å². The zero-order valence-corrected chi connectivity index (χ0v) is 15.4. The Bertz CT molecular complexity index is 751. The predicted molar refractivity (Wildman–Crippen MR) is 97.0 cm³/mol. The Balaban J connectivity index is 1.70. The zero-order chi connectivity index (χ0) is 18.6. The van der Waals surface area contributed by atoms with Crippen LogP contribution in [0.1, 0.15) is 36.7 Å². The summed E-state index contributed by atoms with van der Waals surface area (Å²) in [6.07, 6.45) is 1.91. The molecule has 140 valence electrons. The van der Waals surface area contributed by atoms with E-state index in [0.29, 0.717) is 25.9 Å². The van der Waals surface area contributed by atoms with Crippen LogP contribution in [0.25, 0.3) is 0 Å². The van der Waals surface area contributed by atoms with E-state index in [1.807, 2.05) is 26.0 Å². The molecular formula is C20H26FN3O2. The fourth-order valence-electron chi connectivity index (χ4n) is 3.70. The van der Waals surface area contributed by atoms with Crippen molar-refractivity contribution in [2.24, 2.45) is 5.41 Å². The van der Waals surface area contributed by atoms with Gasteiger partial charge in [-0.2, -0.15) is 5.10 Å². The molecule has 2 aromatic rings. The molecule has 5 nitrogen and oxygen atoms in total. The third kappa shape index (κ3) is 4.30. The SMILES string of the molecule is CCOC(=O)C1(Cc2cccc(F)c2)CCN(Cc2cc(C)[nH]n2)CC1. The quantitative estimate of drug-likeness (QED) is 0.805. The van der Waals surface area contributed by atoms with Crippen LogP contribution in [0.4, 0.5) is 4.39 Å². The van der Waals surface area contributed by atoms with Gasteiger partial charge in [0.05, 0.1) is 17.7 Å². The van der Waals surface area contributed by atoms with Crippen molar-refractivity contribution in [1.29, 1.82) is 0 Å². The lowest BCUT2D eigenvalue weighted by molar-refractivity contribution is -0.158. The van der Waals surface area contributed by atoms with Crippen molar-refractivity contribution in [3.8, 4) is 0 Å². The van der Waals surface area contributed by atoms with E-state index in [1.54, 1.807) is 6.07 Å². The third-order valence-corrected chi connectivity index (χ3v) is 5.10. The highest BCUT2D eigenvalue weighted by atomic mass is 19.1. The van der Waals surface area contributed by atoms with Gasteiger partial charge in [0.2, 0.25) is 0 Å². The topological polar surface area (TPSA) is 58.2 Å². The number of ether oxygens (including phenoxy) is 1. The molecule has 1 aliphatic rings. The minimum atomic E-state index is -0.582. The molecule has 2 heterocycles. The molecule has 0 aliphatic carbocycles. The van der Waals surface area contributed by atoms with E-state index in [-0.39, 0.29) is 11.8 Å². The average molecular weight is 359 g/mol. The number of H-pyrrole nitrogens is 1. The third-order valence-electron chi connectivity index (χ3n) is 5.10. The monoisotopic (exact) mass is 359 g/mol. The summed E-state index contributed by atoms with van der Waals surface area (Å²) in [6.45, 7) is 6.52. The van der Waals surface area contributed by atoms with Gasteiger partial charge in [-0.05, 0) is 70.0 Å². The second kappa shape index (κ2) is 7.99. The molecule has 0 saturated carbocycles. The van der Waals surface area contributed by atoms with Crippen molar-refractivity contribution < 1.29 is 13.9 Å². The minimum absolute atomic E-state index is 0.167. The Labute approximate surface area is 153 Å². The van der Waals surface area contributed by atoms with Crippen molar-refractivity contribution in [2.75, 3.05) is 19.7 Å². The van der Waals surface area contributed by atoms with Gasteiger partial charge in [-0.15, -0.1) is 0 Å². The van der Waals surface area contributed by atoms with Crippen LogP contribution in [-0.2, 0) is 22.5 Å². The van der Waals surface area contributed by atoms with Crippen LogP contribution >= 0.6 is 0 Å². The molecule has 0 bridgehead atoms. The van der Waals surface area contributed by atoms with E-state index >= 15 is 0 Å². The molecule has 0 radical (unpaired) electrons. The predicted octanol–water partition coefficient (Wildman–Crippen LogP) is 3.25. The Morgan fingerprint density at radius 2 is 2.12 bits per heavy atom. The summed E-state index contributed by atoms with van der Waals surface area (Å²) < 4.78 is 18.9. The van der Waals surface area contributed by atoms with Crippen LogP contribution in [0.3, 0.4) is 0 Å². The van der Waals surface area contributed by atoms with Gasteiger partial charge in [-0.25, -0.2) is 4.39 Å². The second-order valence-electron chi connectivity index (χ2n) is 7.13. The first kappa shape index (κ1) is 18.6. The molecule has 1 fully saturated rings. The number of hydrogen-bond donors (Lipinski definition) is 1. The van der Waals surface area contributed by atoms with Gasteiger partial charge in [0.15, 0.2) is 0 Å². The Morgan fingerprint density at radius 1 is 1.35 bits per heavy atom. The van der Waals surface area contributed by atoms with Crippen molar-refractivity contribution in [3.05, 3.63) is 53.1 Å². The van der Waals surface area contributed by atoms with Crippen molar-refractivity contribution >= 4 is 5.97 Å². The molecule has 0 unspecified atom stereocenters. The number of nitrogens with one attached hydrogen (secondary N) is 1. The highest BCUT2D eigenvalue weighted by molar-refractivity contribution is 5.77. The van der Waals surface area contributed by atoms with Gasteiger partial charge >= 0.3 is 5.97 Å². The summed E-state index contributed by atoms with van der Waals surface area (Å²) in [5.74, 6) is -0.438. The van der Waals surface area contributed by atoms with Crippen LogP contribution < -0.4 is 0 Å². The molecule has 0 amide bonds. The fourth-order valence-corrected chi connectivity index (χ4v) is 3.70. The normalized spacial score (nSPS) is 17.2. The van der Waals surface area contributed by atoms with Gasteiger partial charge in [0.1, 0.15) is 5.82 Å². The first-order valence-corrected chi connectivity index (χ1v) is 9.16. The van der Waals surface area contributed by atoms with E-state index < -0.39 is 5.41 Å². The fraction of sp³-hybridized carbons (Fsp3) is 0.500. The number of carbonyl (C=O) groups excluding carboxylic acids is 1. The lowest BCUT2D eigenvalue weighted by Crippen LogP contribution is -2.46. The maximum absolute atomic E-state index is 13.6. The Morgan fingerprint density at radius 3 is 2.73 bits per heavy atom. The van der Waals surface area contributed by atoms with E-state index in [4.69, 9.17) is 4.74 Å². The van der Waals surface area contributed by atoms with E-state index in [0.717, 1.165) is 36.6 Å². The van der Waals surface area contributed by atoms with Gasteiger partial charge in [-0.3, -0.25) is 14.8 Å². The lowest BCUT2D eigenvalue weighted by atomic mass is 9.73. The number of aromatic nitrogens is 2. The highest BCUT2D eigenvalue weighted by Crippen LogP contribution is 2.37. The number of likely N-dealkylation sites (tertiary alicyclic amines) is 1. The number of nitrogens with zero attached hydrogens (tertiary/aromatic N) is 2. The smallest absolute Gasteiger partial charge is 0.312 e. The molecule has 1 aromatic heterocycles. The average Bonchev–Trinajstić information content (AvgIpc) is 3.02. The number of benzene rings is 1. The van der Waals surface area contributed by atoms with E-state index in [1.165, 1.54) is 12.1 Å². The van der Waals surface area contributed by atoms with Crippen LogP contribution in [0.2, 0.25) is 0 Å². The summed E-state index contributed by atoms with van der Waals surface area (Å²) in [5, 5.41) is 7.25. The van der Waals surface area contributed by atoms with Crippen LogP contribution in [0.15, 0.2) is 30.3 Å². The number of piperidine rings is 1. The summed E-state index contributed by atoms with van der Waals surface area (Å²) in [5.41, 5.74) is 2.32. The van der Waals surface area contributed by atoms with Gasteiger partial charge < -0.3 is 4.74 Å². The van der Waals surface area contributed by atoms with Crippen LogP contribution in [0, 0.1) is 18.2 Å². The molecule has 1 aromatic carbocycles. The van der Waals surface area contributed by atoms with E-state index in [2.05, 4.69) is 15.1 Å². The number of esters is 1. The minimum Gasteiger partial charge on any atom is -0.466 e. The molecule has 26 heavy (non-hydrogen) atoms. The molecule has 1 N–H and O–H groups in total. The first-order chi connectivity index (χ1) is 12.5. The summed E-state index contributed by atoms with van der Waals surface area (Å²) in [4.78, 5) is 15.0. The molecule has 3 rings (SSSR count). The molecular weight excluding hydrogens is 333 g/mol. The summed E-state index contributed by atoms with van der Waals surface area (Å²) in [6, 6.07) is 8.55. The molecule has 0 spiro atoms. The Kier molecular flexibility index (Phi) is 5.71. The van der Waals surface area contributed by atoms with Gasteiger partial charge in [-0.1, -0.05) is 12.1 Å². The number of rotatable bonds is 6. The number of halogens is 1. The van der Waals surface area contributed by atoms with E-state index in [9.17, 15) is 9.18 Å². The molecule has 1 saturated heterocycles. The van der Waals surface area contributed by atoms with Crippen molar-refractivity contribution in [2.45, 2.75) is 39.7 Å². The summed E-state index contributed by atoms with van der Waals surface area (Å²) in [7, 11) is 0. The summed E-state index contributed by atoms with van der Waals surface area (Å²) >= 11 is 0. The van der Waals surface area contributed by atoms with Crippen molar-refractivity contribution in [3.63, 3.8) is 0 Å². The van der Waals surface area contributed by atoms with Crippen LogP contribution in [0.5, 0.6) is 0 Å². The molecule has 6 heteroatoms. The number of aromatic amines is 1. The maximum atomic E-state index is 13.6. The van der Waals surface area contributed by atoms with Gasteiger partial charge in [0.25, 0.3) is 0 Å². The largest absolute Gasteiger partial charge is 0.466 e. The Hall–Kier alpha value is -2.21. The maximum Gasteiger partial charge on any atom is 0.312 e. The second-order valence-corrected chi connectivity index (χ2v) is 7.13. The number of aryl methyl sites for hydroxylation is 1. The highest BCUT2D eigenvalue weighted by Gasteiger charge is 2.42. The zero-order valence-electron chi connectivity index (χ0n) is 15.4. The standard InChI is InChI=1S/C20H26FN3O2/c1-3-26-19(25)20(13-16-5-4-6-17(21)12-16)7-9-24(10-8-20)14-18-11-15(2)22-23-18/h4-6,11-12H,3,7-10,13-14H2,1-2H3,(H,22,23). The first-order valence-electron chi connectivity index (χ1n) is 9.16. The molecule has 1 aliphatic heterocycles. The molecule has 0 atom stereocenters. The number of carbonyl (C=O) groups is 1. The number of hydrogen-bond acceptors (Lipinski definition) is 4. The lowest BCUT2D eigenvalue weighted by Gasteiger charge is -2.39. The van der Waals surface area contributed by atoms with Crippen LogP contribution in [-0.4, -0.2) is 40.8 Å².